The molecule has 0 aromatic heterocycles. The van der Waals surface area contributed by atoms with Crippen molar-refractivity contribution in [1.82, 2.24) is 0 Å². The fourth-order valence-corrected chi connectivity index (χ4v) is 3.46. The number of amidine groups is 1. The number of benzene rings is 2. The van der Waals surface area contributed by atoms with Gasteiger partial charge in [-0.05, 0) is 54.6 Å². The molecule has 138 valence electrons. The number of para-hydroxylation sites is 1. The van der Waals surface area contributed by atoms with Crippen molar-refractivity contribution in [3.63, 3.8) is 0 Å². The largest absolute Gasteiger partial charge is 0.494 e. The molecule has 0 radical (unpaired) electrons. The summed E-state index contributed by atoms with van der Waals surface area (Å²) in [6.07, 6.45) is 1.76. The number of hydrogen-bond donors (Lipinski definition) is 1. The summed E-state index contributed by atoms with van der Waals surface area (Å²) >= 11 is 1.21. The Morgan fingerprint density at radius 2 is 1.93 bits per heavy atom. The molecule has 0 saturated heterocycles. The van der Waals surface area contributed by atoms with Gasteiger partial charge < -0.3 is 14.7 Å². The summed E-state index contributed by atoms with van der Waals surface area (Å²) < 4.78 is 5.41. The highest BCUT2D eigenvalue weighted by Crippen LogP contribution is 2.33. The van der Waals surface area contributed by atoms with Crippen molar-refractivity contribution in [2.45, 2.75) is 6.92 Å². The molecular formula is C20H18N2O4S. The topological polar surface area (TPSA) is 79.2 Å². The standard InChI is InChI=1S/C20H18N2O4S/c1-3-26-14-10-8-13(9-11-14)12-17-18(23)21-20(27-17)22(2)16-7-5-4-6-15(16)19(24)25/h4-12H,3H2,1-2H3,(H,24,25)/b17-12-. The number of hydrogen-bond acceptors (Lipinski definition) is 5. The average Bonchev–Trinajstić information content (AvgIpc) is 3.03. The van der Waals surface area contributed by atoms with Gasteiger partial charge in [0.05, 0.1) is 22.8 Å². The minimum absolute atomic E-state index is 0.152. The smallest absolute Gasteiger partial charge is 0.337 e. The third-order valence-corrected chi connectivity index (χ3v) is 4.94. The van der Waals surface area contributed by atoms with Crippen LogP contribution in [0, 0.1) is 0 Å². The number of amides is 1. The zero-order valence-electron chi connectivity index (χ0n) is 14.9. The van der Waals surface area contributed by atoms with Crippen LogP contribution in [0.15, 0.2) is 58.4 Å². The first kappa shape index (κ1) is 18.7. The molecule has 0 unspecified atom stereocenters. The molecule has 0 spiro atoms. The first-order valence-electron chi connectivity index (χ1n) is 8.31. The van der Waals surface area contributed by atoms with Gasteiger partial charge in [-0.15, -0.1) is 0 Å². The molecule has 1 N–H and O–H groups in total. The van der Waals surface area contributed by atoms with E-state index in [-0.39, 0.29) is 11.5 Å². The second-order valence-corrected chi connectivity index (χ2v) is 6.70. The monoisotopic (exact) mass is 382 g/mol. The number of aliphatic imine (C=N–C) groups is 1. The van der Waals surface area contributed by atoms with E-state index in [0.717, 1.165) is 11.3 Å². The molecule has 2 aromatic rings. The van der Waals surface area contributed by atoms with Crippen molar-refractivity contribution in [3.8, 4) is 5.75 Å². The van der Waals surface area contributed by atoms with Gasteiger partial charge >= 0.3 is 5.97 Å². The molecule has 0 atom stereocenters. The normalized spacial score (nSPS) is 15.0. The number of anilines is 1. The summed E-state index contributed by atoms with van der Waals surface area (Å²) in [7, 11) is 1.70. The van der Waals surface area contributed by atoms with Gasteiger partial charge in [0.1, 0.15) is 5.75 Å². The predicted octanol–water partition coefficient (Wildman–Crippen LogP) is 3.89. The summed E-state index contributed by atoms with van der Waals surface area (Å²) in [6, 6.07) is 14.0. The number of ether oxygens (including phenoxy) is 1. The predicted molar refractivity (Wildman–Crippen MR) is 107 cm³/mol. The Kier molecular flexibility index (Phi) is 5.61. The molecule has 2 aromatic carbocycles. The lowest BCUT2D eigenvalue weighted by molar-refractivity contribution is -0.113. The van der Waals surface area contributed by atoms with Crippen LogP contribution in [0.2, 0.25) is 0 Å². The van der Waals surface area contributed by atoms with Crippen LogP contribution in [0.1, 0.15) is 22.8 Å². The summed E-state index contributed by atoms with van der Waals surface area (Å²) in [4.78, 5) is 29.9. The minimum Gasteiger partial charge on any atom is -0.494 e. The van der Waals surface area contributed by atoms with Gasteiger partial charge in [-0.1, -0.05) is 24.3 Å². The number of aromatic carboxylic acids is 1. The summed E-state index contributed by atoms with van der Waals surface area (Å²) in [6.45, 7) is 2.51. The van der Waals surface area contributed by atoms with E-state index in [1.165, 1.54) is 17.8 Å². The lowest BCUT2D eigenvalue weighted by Crippen LogP contribution is -2.24. The van der Waals surface area contributed by atoms with Gasteiger partial charge in [0.2, 0.25) is 0 Å². The zero-order chi connectivity index (χ0) is 19.4. The number of carbonyl (C=O) groups is 2. The highest BCUT2D eigenvalue weighted by molar-refractivity contribution is 8.18. The molecule has 0 aliphatic carbocycles. The van der Waals surface area contributed by atoms with Crippen molar-refractivity contribution in [3.05, 3.63) is 64.6 Å². The highest BCUT2D eigenvalue weighted by atomic mass is 32.2. The van der Waals surface area contributed by atoms with E-state index in [9.17, 15) is 14.7 Å². The van der Waals surface area contributed by atoms with Gasteiger partial charge in [0.25, 0.3) is 5.91 Å². The Morgan fingerprint density at radius 3 is 2.59 bits per heavy atom. The lowest BCUT2D eigenvalue weighted by atomic mass is 10.1. The van der Waals surface area contributed by atoms with Crippen LogP contribution in [-0.2, 0) is 4.79 Å². The van der Waals surface area contributed by atoms with Gasteiger partial charge in [-0.2, -0.15) is 4.99 Å². The summed E-state index contributed by atoms with van der Waals surface area (Å²) in [5.41, 5.74) is 1.49. The van der Waals surface area contributed by atoms with Crippen molar-refractivity contribution >= 4 is 40.6 Å². The average molecular weight is 382 g/mol. The van der Waals surface area contributed by atoms with Crippen LogP contribution in [0.5, 0.6) is 5.75 Å². The first-order chi connectivity index (χ1) is 13.0. The van der Waals surface area contributed by atoms with E-state index >= 15 is 0 Å². The van der Waals surface area contributed by atoms with E-state index < -0.39 is 5.97 Å². The molecule has 1 amide bonds. The van der Waals surface area contributed by atoms with E-state index in [2.05, 4.69) is 4.99 Å². The Labute approximate surface area is 161 Å². The fourth-order valence-electron chi connectivity index (χ4n) is 2.57. The SMILES string of the molecule is CCOc1ccc(/C=C2\SC(N(C)c3ccccc3C(=O)O)=NC2=O)cc1. The molecule has 7 heteroatoms. The van der Waals surface area contributed by atoms with Crippen molar-refractivity contribution in [1.29, 1.82) is 0 Å². The van der Waals surface area contributed by atoms with Gasteiger partial charge in [-0.3, -0.25) is 4.79 Å². The second-order valence-electron chi connectivity index (χ2n) is 5.69. The number of rotatable bonds is 5. The fraction of sp³-hybridized carbons (Fsp3) is 0.150. The van der Waals surface area contributed by atoms with Crippen molar-refractivity contribution in [2.75, 3.05) is 18.6 Å². The first-order valence-corrected chi connectivity index (χ1v) is 9.12. The number of carboxylic acids is 1. The molecule has 0 saturated carbocycles. The van der Waals surface area contributed by atoms with Crippen molar-refractivity contribution < 1.29 is 19.4 Å². The van der Waals surface area contributed by atoms with Gasteiger partial charge in [0.15, 0.2) is 5.17 Å². The Hall–Kier alpha value is -3.06. The Morgan fingerprint density at radius 1 is 1.22 bits per heavy atom. The summed E-state index contributed by atoms with van der Waals surface area (Å²) in [5, 5.41) is 9.79. The number of carboxylic acid groups (broad SMARTS) is 1. The maximum absolute atomic E-state index is 12.3. The van der Waals surface area contributed by atoms with Crippen LogP contribution in [0.25, 0.3) is 6.08 Å². The molecule has 3 rings (SSSR count). The van der Waals surface area contributed by atoms with Crippen molar-refractivity contribution in [2.24, 2.45) is 4.99 Å². The van der Waals surface area contributed by atoms with Gasteiger partial charge in [-0.25, -0.2) is 4.79 Å². The quantitative estimate of drug-likeness (QED) is 0.791. The Bertz CT molecular complexity index is 935. The van der Waals surface area contributed by atoms with Crippen LogP contribution < -0.4 is 9.64 Å². The zero-order valence-corrected chi connectivity index (χ0v) is 15.7. The van der Waals surface area contributed by atoms with Crippen LogP contribution >= 0.6 is 11.8 Å². The highest BCUT2D eigenvalue weighted by Gasteiger charge is 2.26. The van der Waals surface area contributed by atoms with E-state index in [1.54, 1.807) is 36.2 Å². The minimum atomic E-state index is -1.03. The maximum Gasteiger partial charge on any atom is 0.337 e. The molecule has 0 fully saturated rings. The van der Waals surface area contributed by atoms with Crippen LogP contribution in [-0.4, -0.2) is 35.8 Å². The van der Waals surface area contributed by atoms with Gasteiger partial charge in [0, 0.05) is 7.05 Å². The molecule has 1 heterocycles. The lowest BCUT2D eigenvalue weighted by Gasteiger charge is -2.19. The maximum atomic E-state index is 12.3. The molecule has 1 aliphatic heterocycles. The second kappa shape index (κ2) is 8.09. The van der Waals surface area contributed by atoms with Crippen LogP contribution in [0.4, 0.5) is 5.69 Å². The molecule has 1 aliphatic rings. The Balaban J connectivity index is 1.80. The molecule has 0 bridgehead atoms. The summed E-state index contributed by atoms with van der Waals surface area (Å²) in [5.74, 6) is -0.604. The molecule has 27 heavy (non-hydrogen) atoms. The van der Waals surface area contributed by atoms with E-state index in [1.807, 2.05) is 31.2 Å². The van der Waals surface area contributed by atoms with E-state index in [4.69, 9.17) is 4.74 Å². The van der Waals surface area contributed by atoms with Crippen LogP contribution in [0.3, 0.4) is 0 Å². The third kappa shape index (κ3) is 4.20. The van der Waals surface area contributed by atoms with E-state index in [0.29, 0.717) is 22.4 Å². The molecule has 6 nitrogen and oxygen atoms in total. The number of carbonyl (C=O) groups excluding carboxylic acids is 1. The number of thioether (sulfide) groups is 1. The third-order valence-electron chi connectivity index (χ3n) is 3.88. The number of nitrogens with zero attached hydrogens (tertiary/aromatic N) is 2. The molecular weight excluding hydrogens is 364 g/mol.